The Morgan fingerprint density at radius 2 is 2.21 bits per heavy atom. The summed E-state index contributed by atoms with van der Waals surface area (Å²) < 4.78 is 4.66. The number of aromatic nitrogens is 1. The molecule has 106 valence electrons. The third-order valence-electron chi connectivity index (χ3n) is 2.55. The van der Waals surface area contributed by atoms with E-state index in [-0.39, 0.29) is 18.2 Å². The summed E-state index contributed by atoms with van der Waals surface area (Å²) in [6, 6.07) is -0.634. The van der Waals surface area contributed by atoms with Gasteiger partial charge in [-0.1, -0.05) is 13.8 Å². The second kappa shape index (κ2) is 7.20. The lowest BCUT2D eigenvalue weighted by molar-refractivity contribution is -0.146. The van der Waals surface area contributed by atoms with Gasteiger partial charge in [-0.2, -0.15) is 0 Å². The first-order chi connectivity index (χ1) is 8.97. The molecule has 1 heterocycles. The molecule has 1 unspecified atom stereocenters. The van der Waals surface area contributed by atoms with Crippen molar-refractivity contribution in [3.05, 3.63) is 16.1 Å². The molecule has 0 fully saturated rings. The van der Waals surface area contributed by atoms with Crippen LogP contribution in [0.5, 0.6) is 0 Å². The number of hydrogen-bond acceptors (Lipinski definition) is 6. The lowest BCUT2D eigenvalue weighted by Gasteiger charge is -2.19. The van der Waals surface area contributed by atoms with Crippen LogP contribution >= 0.6 is 11.3 Å². The summed E-state index contributed by atoms with van der Waals surface area (Å²) in [6.07, 6.45) is 0.136. The van der Waals surface area contributed by atoms with Crippen LogP contribution in [-0.4, -0.2) is 30.0 Å². The van der Waals surface area contributed by atoms with Crippen molar-refractivity contribution in [1.82, 2.24) is 10.3 Å². The molecule has 0 aliphatic rings. The predicted molar refractivity (Wildman–Crippen MR) is 72.5 cm³/mol. The number of amides is 1. The highest BCUT2D eigenvalue weighted by molar-refractivity contribution is 7.09. The number of nitrogens with one attached hydrogen (secondary N) is 1. The minimum Gasteiger partial charge on any atom is -0.467 e. The fraction of sp³-hybridized carbons (Fsp3) is 0.583. The molecule has 1 atom stereocenters. The summed E-state index contributed by atoms with van der Waals surface area (Å²) in [6.45, 7) is 4.05. The van der Waals surface area contributed by atoms with Crippen LogP contribution in [0.25, 0.3) is 0 Å². The third kappa shape index (κ3) is 4.60. The van der Waals surface area contributed by atoms with Crippen molar-refractivity contribution in [2.75, 3.05) is 7.11 Å². The first-order valence-corrected chi connectivity index (χ1v) is 6.86. The molecule has 0 aliphatic heterocycles. The zero-order valence-electron chi connectivity index (χ0n) is 11.3. The topological polar surface area (TPSA) is 94.3 Å². The molecule has 19 heavy (non-hydrogen) atoms. The number of rotatable bonds is 6. The first-order valence-electron chi connectivity index (χ1n) is 5.98. The molecule has 6 nitrogen and oxygen atoms in total. The maximum absolute atomic E-state index is 11.9. The van der Waals surface area contributed by atoms with E-state index in [1.54, 1.807) is 5.38 Å². The molecule has 0 saturated carbocycles. The average Bonchev–Trinajstić information content (AvgIpc) is 2.82. The molecule has 1 amide bonds. The van der Waals surface area contributed by atoms with E-state index in [0.717, 1.165) is 5.01 Å². The molecule has 7 heteroatoms. The summed E-state index contributed by atoms with van der Waals surface area (Å²) >= 11 is 1.42. The second-order valence-corrected chi connectivity index (χ2v) is 5.37. The van der Waals surface area contributed by atoms with Gasteiger partial charge in [0.2, 0.25) is 5.91 Å². The summed E-state index contributed by atoms with van der Waals surface area (Å²) in [5.41, 5.74) is 6.12. The Hall–Kier alpha value is -1.47. The minimum absolute atomic E-state index is 0.0357. The van der Waals surface area contributed by atoms with Crippen LogP contribution in [0.4, 0.5) is 0 Å². The van der Waals surface area contributed by atoms with Crippen molar-refractivity contribution in [1.29, 1.82) is 0 Å². The van der Waals surface area contributed by atoms with E-state index in [0.29, 0.717) is 12.2 Å². The monoisotopic (exact) mass is 285 g/mol. The molecule has 1 aromatic rings. The molecule has 0 aromatic carbocycles. The van der Waals surface area contributed by atoms with E-state index in [2.05, 4.69) is 15.0 Å². The number of thiazole rings is 1. The molecule has 1 rings (SSSR count). The number of esters is 1. The second-order valence-electron chi connectivity index (χ2n) is 4.43. The van der Waals surface area contributed by atoms with Gasteiger partial charge in [0.25, 0.3) is 0 Å². The average molecular weight is 285 g/mol. The largest absolute Gasteiger partial charge is 0.467 e. The van der Waals surface area contributed by atoms with Crippen LogP contribution in [0.3, 0.4) is 0 Å². The Labute approximate surface area is 116 Å². The molecule has 0 radical (unpaired) electrons. The normalized spacial score (nSPS) is 12.3. The Balaban J connectivity index is 2.60. The van der Waals surface area contributed by atoms with Gasteiger partial charge in [0.15, 0.2) is 0 Å². The fourth-order valence-electron chi connectivity index (χ4n) is 1.54. The van der Waals surface area contributed by atoms with Gasteiger partial charge in [0, 0.05) is 11.9 Å². The van der Waals surface area contributed by atoms with Crippen LogP contribution in [0.15, 0.2) is 5.38 Å². The van der Waals surface area contributed by atoms with Crippen molar-refractivity contribution >= 4 is 23.2 Å². The fourth-order valence-corrected chi connectivity index (χ4v) is 2.21. The molecule has 0 aliphatic carbocycles. The highest BCUT2D eigenvalue weighted by atomic mass is 32.1. The summed E-state index contributed by atoms with van der Waals surface area (Å²) in [5.74, 6) is -0.728. The molecular weight excluding hydrogens is 266 g/mol. The highest BCUT2D eigenvalue weighted by Gasteiger charge is 2.25. The third-order valence-corrected chi connectivity index (χ3v) is 3.47. The van der Waals surface area contributed by atoms with E-state index in [1.807, 2.05) is 13.8 Å². The van der Waals surface area contributed by atoms with Crippen LogP contribution in [0, 0.1) is 5.92 Å². The molecule has 1 aromatic heterocycles. The van der Waals surface area contributed by atoms with Crippen LogP contribution in [0.1, 0.15) is 24.5 Å². The van der Waals surface area contributed by atoms with Crippen molar-refractivity contribution in [2.45, 2.75) is 32.9 Å². The van der Waals surface area contributed by atoms with Gasteiger partial charge in [0.1, 0.15) is 11.0 Å². The number of hydrogen-bond donors (Lipinski definition) is 2. The number of carbonyl (C=O) groups is 2. The number of methoxy groups -OCH3 is 1. The smallest absolute Gasteiger partial charge is 0.328 e. The quantitative estimate of drug-likeness (QED) is 0.740. The number of nitrogens with two attached hydrogens (primary N) is 1. The lowest BCUT2D eigenvalue weighted by Crippen LogP contribution is -2.45. The SMILES string of the molecule is COC(=O)C(NC(=O)Cc1csc(CN)n1)C(C)C. The van der Waals surface area contributed by atoms with Crippen LogP contribution in [-0.2, 0) is 27.3 Å². The number of ether oxygens (including phenoxy) is 1. The van der Waals surface area contributed by atoms with E-state index in [4.69, 9.17) is 5.73 Å². The van der Waals surface area contributed by atoms with Gasteiger partial charge in [-0.25, -0.2) is 9.78 Å². The molecular formula is C12H19N3O3S. The Kier molecular flexibility index (Phi) is 5.91. The maximum atomic E-state index is 11.9. The van der Waals surface area contributed by atoms with Gasteiger partial charge in [-0.3, -0.25) is 4.79 Å². The van der Waals surface area contributed by atoms with Gasteiger partial charge in [-0.15, -0.1) is 11.3 Å². The van der Waals surface area contributed by atoms with Gasteiger partial charge in [0.05, 0.1) is 19.2 Å². The van der Waals surface area contributed by atoms with Gasteiger partial charge >= 0.3 is 5.97 Å². The molecule has 0 saturated heterocycles. The molecule has 0 spiro atoms. The standard InChI is InChI=1S/C12H19N3O3S/c1-7(2)11(12(17)18-3)15-9(16)4-8-6-19-10(5-13)14-8/h6-7,11H,4-5,13H2,1-3H3,(H,15,16). The van der Waals surface area contributed by atoms with E-state index in [9.17, 15) is 9.59 Å². The van der Waals surface area contributed by atoms with Gasteiger partial charge in [-0.05, 0) is 5.92 Å². The van der Waals surface area contributed by atoms with Crippen LogP contribution < -0.4 is 11.1 Å². The van der Waals surface area contributed by atoms with Crippen LogP contribution in [0.2, 0.25) is 0 Å². The molecule has 0 bridgehead atoms. The zero-order valence-corrected chi connectivity index (χ0v) is 12.1. The Morgan fingerprint density at radius 3 is 2.68 bits per heavy atom. The first kappa shape index (κ1) is 15.6. The maximum Gasteiger partial charge on any atom is 0.328 e. The Morgan fingerprint density at radius 1 is 1.53 bits per heavy atom. The minimum atomic E-state index is -0.634. The highest BCUT2D eigenvalue weighted by Crippen LogP contribution is 2.10. The predicted octanol–water partition coefficient (Wildman–Crippen LogP) is 0.458. The van der Waals surface area contributed by atoms with Crippen molar-refractivity contribution in [3.8, 4) is 0 Å². The lowest BCUT2D eigenvalue weighted by atomic mass is 10.0. The van der Waals surface area contributed by atoms with E-state index < -0.39 is 12.0 Å². The summed E-state index contributed by atoms with van der Waals surface area (Å²) in [7, 11) is 1.30. The van der Waals surface area contributed by atoms with E-state index >= 15 is 0 Å². The molecule has 3 N–H and O–H groups in total. The Bertz CT molecular complexity index is 445. The zero-order chi connectivity index (χ0) is 14.4. The van der Waals surface area contributed by atoms with Crippen molar-refractivity contribution in [2.24, 2.45) is 11.7 Å². The van der Waals surface area contributed by atoms with Gasteiger partial charge < -0.3 is 15.8 Å². The van der Waals surface area contributed by atoms with E-state index in [1.165, 1.54) is 18.4 Å². The summed E-state index contributed by atoms with van der Waals surface area (Å²) in [4.78, 5) is 27.6. The number of nitrogens with zero attached hydrogens (tertiary/aromatic N) is 1. The van der Waals surface area contributed by atoms with Crippen molar-refractivity contribution < 1.29 is 14.3 Å². The van der Waals surface area contributed by atoms with Crippen molar-refractivity contribution in [3.63, 3.8) is 0 Å². The summed E-state index contributed by atoms with van der Waals surface area (Å²) in [5, 5.41) is 5.25. The number of carbonyl (C=O) groups excluding carboxylic acids is 2.